The van der Waals surface area contributed by atoms with Gasteiger partial charge < -0.3 is 29.4 Å². The number of ether oxygens (including phenoxy) is 3. The SMILES string of the molecule is CC(=O)OC1CN(C(=O)C(NC(=O)C(C)NCC(=O)OCc2ccccc2)C2CCCCC2)C2CCN(C(=O)OCc3ccccc3)C12c1c[nH]c2cc(F)ccc12. The van der Waals surface area contributed by atoms with Crippen LogP contribution in [0.4, 0.5) is 9.18 Å². The monoisotopic (exact) mass is 795 g/mol. The number of aromatic amines is 1. The predicted molar refractivity (Wildman–Crippen MR) is 211 cm³/mol. The molecule has 1 saturated carbocycles. The topological polar surface area (TPSA) is 159 Å². The van der Waals surface area contributed by atoms with Crippen LogP contribution in [0.5, 0.6) is 0 Å². The van der Waals surface area contributed by atoms with E-state index < -0.39 is 59.5 Å². The molecule has 2 saturated heterocycles. The third kappa shape index (κ3) is 8.43. The normalized spacial score (nSPS) is 21.6. The number of hydrogen-bond donors (Lipinski definition) is 3. The van der Waals surface area contributed by atoms with E-state index in [-0.39, 0.29) is 44.7 Å². The minimum atomic E-state index is -1.43. The number of fused-ring (bicyclic) bond motifs is 2. The molecule has 13 nitrogen and oxygen atoms in total. The lowest BCUT2D eigenvalue weighted by atomic mass is 9.80. The Morgan fingerprint density at radius 1 is 0.897 bits per heavy atom. The summed E-state index contributed by atoms with van der Waals surface area (Å²) in [5, 5.41) is 6.56. The van der Waals surface area contributed by atoms with Gasteiger partial charge in [0.1, 0.15) is 36.7 Å². The lowest BCUT2D eigenvalue weighted by molar-refractivity contribution is -0.152. The minimum Gasteiger partial charge on any atom is -0.460 e. The first kappa shape index (κ1) is 40.4. The molecule has 7 rings (SSSR count). The molecule has 5 atom stereocenters. The molecule has 2 aliphatic heterocycles. The van der Waals surface area contributed by atoms with E-state index in [0.717, 1.165) is 30.4 Å². The van der Waals surface area contributed by atoms with E-state index in [2.05, 4.69) is 15.6 Å². The van der Waals surface area contributed by atoms with Crippen molar-refractivity contribution in [3.8, 4) is 0 Å². The van der Waals surface area contributed by atoms with E-state index in [1.165, 1.54) is 19.1 Å². The number of carbonyl (C=O) groups is 5. The minimum absolute atomic E-state index is 0.0103. The van der Waals surface area contributed by atoms with Crippen LogP contribution in [-0.2, 0) is 52.1 Å². The highest BCUT2D eigenvalue weighted by Gasteiger charge is 2.67. The van der Waals surface area contributed by atoms with E-state index in [1.807, 2.05) is 60.7 Å². The predicted octanol–water partition coefficient (Wildman–Crippen LogP) is 5.47. The van der Waals surface area contributed by atoms with E-state index >= 15 is 4.79 Å². The summed E-state index contributed by atoms with van der Waals surface area (Å²) >= 11 is 0. The van der Waals surface area contributed by atoms with E-state index in [9.17, 15) is 23.6 Å². The van der Waals surface area contributed by atoms with Gasteiger partial charge in [-0.25, -0.2) is 9.18 Å². The maximum atomic E-state index is 15.2. The molecule has 3 N–H and O–H groups in total. The van der Waals surface area contributed by atoms with Crippen LogP contribution in [0, 0.1) is 11.7 Å². The van der Waals surface area contributed by atoms with Crippen molar-refractivity contribution in [2.24, 2.45) is 5.92 Å². The van der Waals surface area contributed by atoms with Crippen LogP contribution in [0.1, 0.15) is 69.1 Å². The van der Waals surface area contributed by atoms with Gasteiger partial charge >= 0.3 is 18.0 Å². The Labute approximate surface area is 336 Å². The maximum Gasteiger partial charge on any atom is 0.411 e. The smallest absolute Gasteiger partial charge is 0.411 e. The number of hydrogen-bond acceptors (Lipinski definition) is 9. The number of H-pyrrole nitrogens is 1. The first-order valence-corrected chi connectivity index (χ1v) is 20.0. The van der Waals surface area contributed by atoms with Crippen molar-refractivity contribution in [2.75, 3.05) is 19.6 Å². The van der Waals surface area contributed by atoms with Crippen molar-refractivity contribution < 1.29 is 42.6 Å². The fourth-order valence-electron chi connectivity index (χ4n) is 9.03. The zero-order chi connectivity index (χ0) is 40.8. The van der Waals surface area contributed by atoms with Crippen LogP contribution in [0.25, 0.3) is 10.9 Å². The van der Waals surface area contributed by atoms with Gasteiger partial charge in [-0.1, -0.05) is 79.9 Å². The van der Waals surface area contributed by atoms with E-state index in [1.54, 1.807) is 29.0 Å². The van der Waals surface area contributed by atoms with Crippen LogP contribution in [-0.4, -0.2) is 88.5 Å². The van der Waals surface area contributed by atoms with Crippen molar-refractivity contribution in [1.82, 2.24) is 25.4 Å². The first-order chi connectivity index (χ1) is 28.1. The number of nitrogens with one attached hydrogen (secondary N) is 3. The quantitative estimate of drug-likeness (QED) is 0.118. The van der Waals surface area contributed by atoms with Gasteiger partial charge in [0.2, 0.25) is 11.8 Å². The Morgan fingerprint density at radius 3 is 2.24 bits per heavy atom. The lowest BCUT2D eigenvalue weighted by Gasteiger charge is -2.41. The average Bonchev–Trinajstić information content (AvgIpc) is 3.92. The standard InChI is InChI=1S/C44H50FN5O8/c1-28(46-24-39(52)56-26-30-12-6-3-7-13-30)41(53)48-40(32-16-10-5-11-17-32)42(54)49-25-38(58-29(2)51)44(35-23-47-36-22-33(45)18-19-34(35)36)37(49)20-21-50(44)43(55)57-27-31-14-8-4-9-15-31/h3-4,6-9,12-15,18-19,22-23,28,32,37-38,40,46-47H,5,10-11,16-17,20-21,24-27H2,1-2H3,(H,48,53). The van der Waals surface area contributed by atoms with E-state index in [4.69, 9.17) is 14.2 Å². The number of amides is 3. The summed E-state index contributed by atoms with van der Waals surface area (Å²) in [7, 11) is 0. The first-order valence-electron chi connectivity index (χ1n) is 20.0. The highest BCUT2D eigenvalue weighted by atomic mass is 19.1. The molecule has 3 heterocycles. The largest absolute Gasteiger partial charge is 0.460 e. The van der Waals surface area contributed by atoms with Gasteiger partial charge in [0.05, 0.1) is 25.2 Å². The fraction of sp³-hybridized carbons (Fsp3) is 0.432. The molecule has 0 radical (unpaired) electrons. The molecule has 5 unspecified atom stereocenters. The summed E-state index contributed by atoms with van der Waals surface area (Å²) in [4.78, 5) is 75.0. The van der Waals surface area contributed by atoms with Gasteiger partial charge in [0.15, 0.2) is 0 Å². The summed E-state index contributed by atoms with van der Waals surface area (Å²) in [5.74, 6) is -2.59. The molecule has 0 spiro atoms. The number of nitrogens with zero attached hydrogens (tertiary/aromatic N) is 2. The number of rotatable bonds is 13. The van der Waals surface area contributed by atoms with Crippen LogP contribution in [0.3, 0.4) is 0 Å². The number of aromatic nitrogens is 1. The second-order valence-corrected chi connectivity index (χ2v) is 15.4. The molecule has 4 aromatic rings. The molecular formula is C44H50FN5O8. The molecule has 1 aromatic heterocycles. The molecule has 3 amide bonds. The summed E-state index contributed by atoms with van der Waals surface area (Å²) in [5.41, 5.74) is 1.21. The zero-order valence-electron chi connectivity index (χ0n) is 32.8. The van der Waals surface area contributed by atoms with Crippen molar-refractivity contribution >= 4 is 40.7 Å². The van der Waals surface area contributed by atoms with Crippen molar-refractivity contribution in [2.45, 2.75) is 95.4 Å². The molecule has 58 heavy (non-hydrogen) atoms. The second kappa shape index (κ2) is 17.8. The maximum absolute atomic E-state index is 15.2. The highest BCUT2D eigenvalue weighted by molar-refractivity contribution is 5.92. The van der Waals surface area contributed by atoms with Crippen LogP contribution >= 0.6 is 0 Å². The van der Waals surface area contributed by atoms with Gasteiger partial charge in [-0.15, -0.1) is 0 Å². The van der Waals surface area contributed by atoms with Crippen LogP contribution < -0.4 is 10.6 Å². The summed E-state index contributed by atoms with van der Waals surface area (Å²) in [6.45, 7) is 2.87. The molecule has 14 heteroatoms. The Morgan fingerprint density at radius 2 is 1.57 bits per heavy atom. The fourth-order valence-corrected chi connectivity index (χ4v) is 9.03. The van der Waals surface area contributed by atoms with Crippen molar-refractivity contribution in [1.29, 1.82) is 0 Å². The molecule has 306 valence electrons. The number of esters is 2. The second-order valence-electron chi connectivity index (χ2n) is 15.4. The van der Waals surface area contributed by atoms with E-state index in [0.29, 0.717) is 35.7 Å². The Hall–Kier alpha value is -5.76. The third-order valence-corrected chi connectivity index (χ3v) is 11.8. The lowest BCUT2D eigenvalue weighted by Crippen LogP contribution is -2.59. The average molecular weight is 796 g/mol. The number of likely N-dealkylation sites (tertiary alicyclic amines) is 2. The van der Waals surface area contributed by atoms with Gasteiger partial charge in [0.25, 0.3) is 0 Å². The van der Waals surface area contributed by atoms with Crippen molar-refractivity contribution in [3.05, 3.63) is 108 Å². The molecule has 1 aliphatic carbocycles. The Bertz CT molecular complexity index is 2110. The Balaban J connectivity index is 1.17. The molecule has 3 aromatic carbocycles. The Kier molecular flexibility index (Phi) is 12.4. The summed E-state index contributed by atoms with van der Waals surface area (Å²) in [6, 6.07) is 20.3. The van der Waals surface area contributed by atoms with Gasteiger partial charge in [-0.2, -0.15) is 0 Å². The molecular weight excluding hydrogens is 746 g/mol. The highest BCUT2D eigenvalue weighted by Crippen LogP contribution is 2.52. The molecule has 3 aliphatic rings. The van der Waals surface area contributed by atoms with Crippen LogP contribution in [0.2, 0.25) is 0 Å². The van der Waals surface area contributed by atoms with Crippen LogP contribution in [0.15, 0.2) is 85.1 Å². The third-order valence-electron chi connectivity index (χ3n) is 11.8. The number of halogens is 1. The molecule has 3 fully saturated rings. The van der Waals surface area contributed by atoms with Crippen molar-refractivity contribution in [3.63, 3.8) is 0 Å². The summed E-state index contributed by atoms with van der Waals surface area (Å²) < 4.78 is 31.8. The van der Waals surface area contributed by atoms with Gasteiger partial charge in [-0.3, -0.25) is 29.4 Å². The number of benzene rings is 3. The van der Waals surface area contributed by atoms with Gasteiger partial charge in [-0.05, 0) is 61.4 Å². The van der Waals surface area contributed by atoms with Gasteiger partial charge in [0, 0.05) is 36.1 Å². The zero-order valence-corrected chi connectivity index (χ0v) is 32.8. The molecule has 0 bridgehead atoms. The number of carbonyl (C=O) groups excluding carboxylic acids is 5. The summed E-state index contributed by atoms with van der Waals surface area (Å²) in [6.07, 6.45) is 4.52.